The fourth-order valence-electron chi connectivity index (χ4n) is 1.91. The van der Waals surface area contributed by atoms with Gasteiger partial charge in [-0.3, -0.25) is 4.98 Å². The molecule has 0 bridgehead atoms. The van der Waals surface area contributed by atoms with Crippen molar-refractivity contribution in [2.45, 2.75) is 33.2 Å². The third kappa shape index (κ3) is 3.65. The van der Waals surface area contributed by atoms with Crippen molar-refractivity contribution in [3.8, 4) is 5.75 Å². The Kier molecular flexibility index (Phi) is 4.39. The van der Waals surface area contributed by atoms with Crippen molar-refractivity contribution >= 4 is 0 Å². The van der Waals surface area contributed by atoms with E-state index in [2.05, 4.69) is 4.98 Å². The molecule has 106 valence electrons. The summed E-state index contributed by atoms with van der Waals surface area (Å²) in [5.41, 5.74) is 1.53. The maximum Gasteiger partial charge on any atom is 0.162 e. The zero-order chi connectivity index (χ0) is 13.9. The molecule has 2 rings (SSSR count). The second-order valence-electron chi connectivity index (χ2n) is 5.24. The van der Waals surface area contributed by atoms with Crippen LogP contribution in [0.4, 0.5) is 0 Å². The first-order chi connectivity index (χ1) is 9.02. The predicted molar refractivity (Wildman–Crippen MR) is 69.9 cm³/mol. The lowest BCUT2D eigenvalue weighted by atomic mass is 10.1. The van der Waals surface area contributed by atoms with Gasteiger partial charge in [-0.05, 0) is 26.8 Å². The minimum absolute atomic E-state index is 0.0765. The largest absolute Gasteiger partial charge is 0.493 e. The van der Waals surface area contributed by atoms with E-state index in [1.54, 1.807) is 6.20 Å². The summed E-state index contributed by atoms with van der Waals surface area (Å²) in [6, 6.07) is 1.81. The van der Waals surface area contributed by atoms with Crippen molar-refractivity contribution in [2.75, 3.05) is 19.8 Å². The SMILES string of the molecule is Cc1c(OCC2COC(C)(C)OC2)ccnc1CO. The molecule has 0 unspecified atom stereocenters. The van der Waals surface area contributed by atoms with Gasteiger partial charge in [-0.2, -0.15) is 0 Å². The molecular weight excluding hydrogens is 246 g/mol. The van der Waals surface area contributed by atoms with Gasteiger partial charge in [0, 0.05) is 17.7 Å². The fourth-order valence-corrected chi connectivity index (χ4v) is 1.91. The molecule has 1 aliphatic rings. The van der Waals surface area contributed by atoms with Gasteiger partial charge in [0.05, 0.1) is 32.1 Å². The molecule has 5 heteroatoms. The zero-order valence-corrected chi connectivity index (χ0v) is 11.7. The van der Waals surface area contributed by atoms with Gasteiger partial charge in [-0.15, -0.1) is 0 Å². The first-order valence-electron chi connectivity index (χ1n) is 6.48. The Hall–Kier alpha value is -1.17. The van der Waals surface area contributed by atoms with Gasteiger partial charge in [0.15, 0.2) is 5.79 Å². The molecule has 1 saturated heterocycles. The van der Waals surface area contributed by atoms with E-state index >= 15 is 0 Å². The summed E-state index contributed by atoms with van der Waals surface area (Å²) in [7, 11) is 0. The minimum Gasteiger partial charge on any atom is -0.493 e. The van der Waals surface area contributed by atoms with Gasteiger partial charge in [0.25, 0.3) is 0 Å². The van der Waals surface area contributed by atoms with Gasteiger partial charge >= 0.3 is 0 Å². The van der Waals surface area contributed by atoms with Gasteiger partial charge in [0.1, 0.15) is 5.75 Å². The van der Waals surface area contributed by atoms with Crippen LogP contribution in [0.25, 0.3) is 0 Å². The summed E-state index contributed by atoms with van der Waals surface area (Å²) in [5.74, 6) is 0.481. The maximum atomic E-state index is 9.16. The molecule has 0 spiro atoms. The van der Waals surface area contributed by atoms with E-state index in [4.69, 9.17) is 19.3 Å². The van der Waals surface area contributed by atoms with Crippen molar-refractivity contribution < 1.29 is 19.3 Å². The second kappa shape index (κ2) is 5.86. The fraction of sp³-hybridized carbons (Fsp3) is 0.643. The molecular formula is C14H21NO4. The molecule has 5 nitrogen and oxygen atoms in total. The molecule has 1 N–H and O–H groups in total. The van der Waals surface area contributed by atoms with Crippen LogP contribution in [0.1, 0.15) is 25.1 Å². The summed E-state index contributed by atoms with van der Waals surface area (Å²) in [4.78, 5) is 4.09. The summed E-state index contributed by atoms with van der Waals surface area (Å²) in [6.45, 7) is 7.42. The average Bonchev–Trinajstić information content (AvgIpc) is 2.39. The van der Waals surface area contributed by atoms with Crippen molar-refractivity contribution in [2.24, 2.45) is 5.92 Å². The lowest BCUT2D eigenvalue weighted by molar-refractivity contribution is -0.264. The van der Waals surface area contributed by atoms with Crippen LogP contribution in [-0.2, 0) is 16.1 Å². The molecule has 1 fully saturated rings. The van der Waals surface area contributed by atoms with Crippen molar-refractivity contribution in [1.82, 2.24) is 4.98 Å². The quantitative estimate of drug-likeness (QED) is 0.899. The molecule has 0 aliphatic carbocycles. The number of aliphatic hydroxyl groups is 1. The summed E-state index contributed by atoms with van der Waals surface area (Å²) in [6.07, 6.45) is 1.64. The van der Waals surface area contributed by atoms with Crippen LogP contribution < -0.4 is 4.74 Å². The molecule has 0 atom stereocenters. The van der Waals surface area contributed by atoms with Crippen molar-refractivity contribution in [1.29, 1.82) is 0 Å². The topological polar surface area (TPSA) is 60.8 Å². The number of hydrogen-bond acceptors (Lipinski definition) is 5. The highest BCUT2D eigenvalue weighted by Gasteiger charge is 2.28. The van der Waals surface area contributed by atoms with Crippen LogP contribution in [0, 0.1) is 12.8 Å². The average molecular weight is 267 g/mol. The number of hydrogen-bond donors (Lipinski definition) is 1. The minimum atomic E-state index is -0.493. The Labute approximate surface area is 113 Å². The zero-order valence-electron chi connectivity index (χ0n) is 11.7. The first kappa shape index (κ1) is 14.2. The van der Waals surface area contributed by atoms with Gasteiger partial charge in [-0.1, -0.05) is 0 Å². The van der Waals surface area contributed by atoms with E-state index in [1.165, 1.54) is 0 Å². The number of aliphatic hydroxyl groups excluding tert-OH is 1. The highest BCUT2D eigenvalue weighted by molar-refractivity contribution is 5.34. The highest BCUT2D eigenvalue weighted by atomic mass is 16.7. The molecule has 1 aliphatic heterocycles. The summed E-state index contributed by atoms with van der Waals surface area (Å²) < 4.78 is 16.9. The number of rotatable bonds is 4. The van der Waals surface area contributed by atoms with E-state index in [1.807, 2.05) is 26.8 Å². The maximum absolute atomic E-state index is 9.16. The molecule has 0 aromatic carbocycles. The highest BCUT2D eigenvalue weighted by Crippen LogP contribution is 2.23. The second-order valence-corrected chi connectivity index (χ2v) is 5.24. The molecule has 19 heavy (non-hydrogen) atoms. The van der Waals surface area contributed by atoms with E-state index in [0.717, 1.165) is 11.3 Å². The number of pyridine rings is 1. The lowest BCUT2D eigenvalue weighted by Gasteiger charge is -2.34. The van der Waals surface area contributed by atoms with Crippen LogP contribution in [-0.4, -0.2) is 35.7 Å². The lowest BCUT2D eigenvalue weighted by Crippen LogP contribution is -2.41. The van der Waals surface area contributed by atoms with Gasteiger partial charge < -0.3 is 19.3 Å². The third-order valence-electron chi connectivity index (χ3n) is 3.22. The number of nitrogens with zero attached hydrogens (tertiary/aromatic N) is 1. The van der Waals surface area contributed by atoms with Crippen LogP contribution >= 0.6 is 0 Å². The van der Waals surface area contributed by atoms with E-state index in [9.17, 15) is 0 Å². The standard InChI is InChI=1S/C14H21NO4/c1-10-12(6-16)15-5-4-13(10)17-7-11-8-18-14(2,3)19-9-11/h4-5,11,16H,6-9H2,1-3H3. The smallest absolute Gasteiger partial charge is 0.162 e. The van der Waals surface area contributed by atoms with Crippen molar-refractivity contribution in [3.63, 3.8) is 0 Å². The Balaban J connectivity index is 1.89. The van der Waals surface area contributed by atoms with Crippen LogP contribution in [0.15, 0.2) is 12.3 Å². The molecule has 1 aromatic rings. The van der Waals surface area contributed by atoms with Crippen LogP contribution in [0.2, 0.25) is 0 Å². The number of aromatic nitrogens is 1. The third-order valence-corrected chi connectivity index (χ3v) is 3.22. The molecule has 0 radical (unpaired) electrons. The van der Waals surface area contributed by atoms with Crippen molar-refractivity contribution in [3.05, 3.63) is 23.5 Å². The first-order valence-corrected chi connectivity index (χ1v) is 6.48. The van der Waals surface area contributed by atoms with Gasteiger partial charge in [-0.25, -0.2) is 0 Å². The summed E-state index contributed by atoms with van der Waals surface area (Å²) in [5, 5.41) is 9.16. The van der Waals surface area contributed by atoms with Gasteiger partial charge in [0.2, 0.25) is 0 Å². The van der Waals surface area contributed by atoms with E-state index < -0.39 is 5.79 Å². The van der Waals surface area contributed by atoms with E-state index in [0.29, 0.717) is 25.5 Å². The Morgan fingerprint density at radius 1 is 1.42 bits per heavy atom. The van der Waals surface area contributed by atoms with E-state index in [-0.39, 0.29) is 12.5 Å². The summed E-state index contributed by atoms with van der Waals surface area (Å²) >= 11 is 0. The Morgan fingerprint density at radius 3 is 2.74 bits per heavy atom. The molecule has 1 aromatic heterocycles. The monoisotopic (exact) mass is 267 g/mol. The molecule has 0 amide bonds. The Morgan fingerprint density at radius 2 is 2.11 bits per heavy atom. The van der Waals surface area contributed by atoms with Crippen LogP contribution in [0.3, 0.4) is 0 Å². The predicted octanol–water partition coefficient (Wildman–Crippen LogP) is 1.66. The van der Waals surface area contributed by atoms with Crippen LogP contribution in [0.5, 0.6) is 5.75 Å². The Bertz CT molecular complexity index is 423. The normalized spacial score (nSPS) is 19.4. The molecule has 2 heterocycles. The number of ether oxygens (including phenoxy) is 3. The molecule has 0 saturated carbocycles.